The molecule has 0 aromatic carbocycles. The van der Waals surface area contributed by atoms with Gasteiger partial charge < -0.3 is 0 Å². The maximum absolute atomic E-state index is 10.7. The molecular weight excluding hydrogens is 300 g/mol. The van der Waals surface area contributed by atoms with Crippen molar-refractivity contribution in [3.8, 4) is 0 Å². The van der Waals surface area contributed by atoms with Crippen LogP contribution in [0.2, 0.25) is 0 Å². The van der Waals surface area contributed by atoms with Gasteiger partial charge in [-0.2, -0.15) is 0 Å². The first-order chi connectivity index (χ1) is 11.8. The molecule has 4 heteroatoms. The Labute approximate surface area is 148 Å². The number of carbonyl (C=O) groups excluding carboxylic acids is 2. The number of nitrogens with zero attached hydrogens (tertiary/aromatic N) is 2. The Kier molecular flexibility index (Phi) is 17.2. The highest BCUT2D eigenvalue weighted by Crippen LogP contribution is 2.19. The second kappa shape index (κ2) is 18.1. The molecule has 0 aliphatic carbocycles. The highest BCUT2D eigenvalue weighted by Gasteiger charge is 2.20. The first kappa shape index (κ1) is 22.8. The lowest BCUT2D eigenvalue weighted by atomic mass is 9.96. The lowest BCUT2D eigenvalue weighted by Gasteiger charge is -2.18. The minimum absolute atomic E-state index is 0.203. The predicted molar refractivity (Wildman–Crippen MR) is 99.8 cm³/mol. The maximum Gasteiger partial charge on any atom is 0.235 e. The predicted octanol–water partition coefficient (Wildman–Crippen LogP) is 5.90. The molecule has 0 aliphatic heterocycles. The molecule has 0 spiro atoms. The van der Waals surface area contributed by atoms with E-state index < -0.39 is 0 Å². The lowest BCUT2D eigenvalue weighted by molar-refractivity contribution is 0.427. The van der Waals surface area contributed by atoms with Crippen LogP contribution >= 0.6 is 0 Å². The zero-order valence-electron chi connectivity index (χ0n) is 15.8. The Morgan fingerprint density at radius 3 is 1.25 bits per heavy atom. The first-order valence-corrected chi connectivity index (χ1v) is 9.94. The fraction of sp³-hybridized carbons (Fsp3) is 0.900. The third-order valence-corrected chi connectivity index (χ3v) is 4.59. The number of hydrogen-bond acceptors (Lipinski definition) is 4. The van der Waals surface area contributed by atoms with Crippen LogP contribution in [-0.2, 0) is 9.59 Å². The number of unbranched alkanes of at least 4 members (excludes halogenated alkanes) is 10. The summed E-state index contributed by atoms with van der Waals surface area (Å²) in [7, 11) is 0. The molecule has 0 radical (unpaired) electrons. The Bertz CT molecular complexity index is 336. The van der Waals surface area contributed by atoms with E-state index in [9.17, 15) is 9.59 Å². The molecule has 24 heavy (non-hydrogen) atoms. The molecule has 0 rings (SSSR count). The van der Waals surface area contributed by atoms with Crippen molar-refractivity contribution in [3.63, 3.8) is 0 Å². The van der Waals surface area contributed by atoms with Gasteiger partial charge in [-0.3, -0.25) is 0 Å². The van der Waals surface area contributed by atoms with Crippen LogP contribution in [0.1, 0.15) is 104 Å². The maximum atomic E-state index is 10.7. The van der Waals surface area contributed by atoms with Crippen molar-refractivity contribution >= 4 is 12.2 Å². The number of aliphatic imine (C=N–C) groups is 2. The Morgan fingerprint density at radius 1 is 0.583 bits per heavy atom. The number of isocyanates is 2. The summed E-state index contributed by atoms with van der Waals surface area (Å²) in [5.41, 5.74) is 0. The van der Waals surface area contributed by atoms with Gasteiger partial charge in [0.2, 0.25) is 12.2 Å². The van der Waals surface area contributed by atoms with Gasteiger partial charge in [0.15, 0.2) is 0 Å². The summed E-state index contributed by atoms with van der Waals surface area (Å²) in [6.45, 7) is 4.41. The molecule has 0 aromatic heterocycles. The van der Waals surface area contributed by atoms with Gasteiger partial charge in [-0.25, -0.2) is 19.6 Å². The van der Waals surface area contributed by atoms with Crippen LogP contribution in [0.3, 0.4) is 0 Å². The number of rotatable bonds is 17. The summed E-state index contributed by atoms with van der Waals surface area (Å²) in [6.07, 6.45) is 19.4. The van der Waals surface area contributed by atoms with Gasteiger partial charge in [0, 0.05) is 0 Å². The second-order valence-corrected chi connectivity index (χ2v) is 6.69. The van der Waals surface area contributed by atoms with Crippen molar-refractivity contribution in [1.82, 2.24) is 0 Å². The van der Waals surface area contributed by atoms with E-state index in [4.69, 9.17) is 0 Å². The third-order valence-electron chi connectivity index (χ3n) is 4.59. The van der Waals surface area contributed by atoms with Crippen molar-refractivity contribution in [3.05, 3.63) is 0 Å². The van der Waals surface area contributed by atoms with E-state index in [1.54, 1.807) is 12.2 Å². The van der Waals surface area contributed by atoms with Crippen LogP contribution in [0.15, 0.2) is 9.98 Å². The first-order valence-electron chi connectivity index (χ1n) is 9.94. The van der Waals surface area contributed by atoms with Crippen LogP contribution in [0, 0.1) is 0 Å². The van der Waals surface area contributed by atoms with Gasteiger partial charge in [0.25, 0.3) is 0 Å². The summed E-state index contributed by atoms with van der Waals surface area (Å²) in [5, 5.41) is 0. The average molecular weight is 337 g/mol. The van der Waals surface area contributed by atoms with Crippen molar-refractivity contribution in [2.75, 3.05) is 0 Å². The van der Waals surface area contributed by atoms with E-state index in [0.29, 0.717) is 0 Å². The van der Waals surface area contributed by atoms with Crippen molar-refractivity contribution < 1.29 is 9.59 Å². The fourth-order valence-corrected chi connectivity index (χ4v) is 3.09. The van der Waals surface area contributed by atoms with Crippen LogP contribution in [0.5, 0.6) is 0 Å². The summed E-state index contributed by atoms with van der Waals surface area (Å²) in [4.78, 5) is 29.3. The summed E-state index contributed by atoms with van der Waals surface area (Å²) < 4.78 is 0. The van der Waals surface area contributed by atoms with Crippen molar-refractivity contribution in [1.29, 1.82) is 0 Å². The molecule has 0 heterocycles. The summed E-state index contributed by atoms with van der Waals surface area (Å²) >= 11 is 0. The SMILES string of the molecule is CCCCCCCCC(N=C=O)C(CCCCCCCC)N=C=O. The quantitative estimate of drug-likeness (QED) is 0.189. The molecule has 0 bridgehead atoms. The molecule has 4 nitrogen and oxygen atoms in total. The van der Waals surface area contributed by atoms with E-state index in [-0.39, 0.29) is 12.1 Å². The third kappa shape index (κ3) is 13.2. The molecular formula is C20H36N2O2. The molecule has 0 saturated heterocycles. The molecule has 0 aromatic rings. The van der Waals surface area contributed by atoms with Crippen LogP contribution in [0.25, 0.3) is 0 Å². The van der Waals surface area contributed by atoms with E-state index in [1.807, 2.05) is 0 Å². The van der Waals surface area contributed by atoms with Gasteiger partial charge in [-0.1, -0.05) is 90.9 Å². The monoisotopic (exact) mass is 336 g/mol. The Morgan fingerprint density at radius 2 is 0.917 bits per heavy atom. The minimum atomic E-state index is -0.203. The minimum Gasteiger partial charge on any atom is -0.211 e. The normalized spacial score (nSPS) is 12.9. The zero-order valence-corrected chi connectivity index (χ0v) is 15.8. The molecule has 0 N–H and O–H groups in total. The molecule has 0 aliphatic rings. The Balaban J connectivity index is 4.20. The van der Waals surface area contributed by atoms with Gasteiger partial charge >= 0.3 is 0 Å². The highest BCUT2D eigenvalue weighted by molar-refractivity contribution is 5.36. The molecule has 2 atom stereocenters. The van der Waals surface area contributed by atoms with Crippen LogP contribution < -0.4 is 0 Å². The van der Waals surface area contributed by atoms with Crippen molar-refractivity contribution in [2.24, 2.45) is 9.98 Å². The van der Waals surface area contributed by atoms with Crippen LogP contribution in [-0.4, -0.2) is 24.2 Å². The van der Waals surface area contributed by atoms with Gasteiger partial charge in [-0.15, -0.1) is 0 Å². The standard InChI is InChI=1S/C20H36N2O2/c1-3-5-7-9-11-13-15-19(21-17-23)20(22-18-24)16-14-12-10-8-6-4-2/h19-20H,3-16H2,1-2H3. The summed E-state index contributed by atoms with van der Waals surface area (Å²) in [5.74, 6) is 0. The summed E-state index contributed by atoms with van der Waals surface area (Å²) in [6, 6.07) is -0.406. The van der Waals surface area contributed by atoms with Gasteiger partial charge in [0.05, 0.1) is 12.1 Å². The van der Waals surface area contributed by atoms with Gasteiger partial charge in [-0.05, 0) is 12.8 Å². The zero-order chi connectivity index (χ0) is 17.9. The fourth-order valence-electron chi connectivity index (χ4n) is 3.09. The topological polar surface area (TPSA) is 58.9 Å². The average Bonchev–Trinajstić information content (AvgIpc) is 2.59. The second-order valence-electron chi connectivity index (χ2n) is 6.69. The lowest BCUT2D eigenvalue weighted by Crippen LogP contribution is -2.23. The molecule has 138 valence electrons. The molecule has 0 amide bonds. The highest BCUT2D eigenvalue weighted by atomic mass is 16.1. The van der Waals surface area contributed by atoms with E-state index in [2.05, 4.69) is 23.8 Å². The largest absolute Gasteiger partial charge is 0.235 e. The molecule has 0 saturated carbocycles. The number of hydrogen-bond donors (Lipinski definition) is 0. The molecule has 0 fully saturated rings. The smallest absolute Gasteiger partial charge is 0.211 e. The van der Waals surface area contributed by atoms with Gasteiger partial charge in [0.1, 0.15) is 0 Å². The van der Waals surface area contributed by atoms with E-state index in [1.165, 1.54) is 51.4 Å². The Hall–Kier alpha value is -1.24. The molecule has 2 unspecified atom stereocenters. The van der Waals surface area contributed by atoms with Crippen LogP contribution in [0.4, 0.5) is 0 Å². The van der Waals surface area contributed by atoms with E-state index >= 15 is 0 Å². The van der Waals surface area contributed by atoms with E-state index in [0.717, 1.165) is 38.5 Å². The van der Waals surface area contributed by atoms with Crippen molar-refractivity contribution in [2.45, 2.75) is 116 Å².